The topological polar surface area (TPSA) is 210 Å². The molecular weight excluding hydrogens is 755 g/mol. The maximum Gasteiger partial charge on any atom is 0.472 e. The highest BCUT2D eigenvalue weighted by Crippen LogP contribution is 2.47. The minimum Gasteiger partial charge on any atom is -0.462 e. The second-order valence-corrected chi connectivity index (χ2v) is 16.6. The van der Waals surface area contributed by atoms with Crippen LogP contribution in [-0.4, -0.2) is 98.3 Å². The highest BCUT2D eigenvalue weighted by Gasteiger charge is 2.51. The molecule has 1 rings (SSSR count). The van der Waals surface area contributed by atoms with Gasteiger partial charge in [-0.15, -0.1) is 0 Å². The Kier molecular flexibility index (Phi) is 31.5. The molecule has 0 aromatic heterocycles. The quantitative estimate of drug-likeness (QED) is 0.0156. The summed E-state index contributed by atoms with van der Waals surface area (Å²) in [5, 5.41) is 50.0. The van der Waals surface area contributed by atoms with Gasteiger partial charge in [0, 0.05) is 12.8 Å². The van der Waals surface area contributed by atoms with Gasteiger partial charge in [-0.2, -0.15) is 0 Å². The van der Waals surface area contributed by atoms with E-state index in [0.29, 0.717) is 12.8 Å². The molecule has 332 valence electrons. The Bertz CT molecular complexity index is 1150. The number of rotatable bonds is 35. The van der Waals surface area contributed by atoms with Crippen molar-refractivity contribution in [1.82, 2.24) is 0 Å². The van der Waals surface area contributed by atoms with Crippen molar-refractivity contribution in [1.29, 1.82) is 0 Å². The highest BCUT2D eigenvalue weighted by atomic mass is 31.2. The van der Waals surface area contributed by atoms with E-state index in [-0.39, 0.29) is 12.8 Å². The third-order valence-electron chi connectivity index (χ3n) is 10.00. The van der Waals surface area contributed by atoms with Crippen LogP contribution in [0.15, 0.2) is 36.5 Å². The zero-order valence-corrected chi connectivity index (χ0v) is 35.8. The number of ether oxygens (including phenoxy) is 2. The molecule has 0 saturated heterocycles. The molecule has 1 fully saturated rings. The van der Waals surface area contributed by atoms with Gasteiger partial charge in [-0.05, 0) is 44.9 Å². The van der Waals surface area contributed by atoms with E-state index in [4.69, 9.17) is 18.5 Å². The molecule has 1 aliphatic carbocycles. The van der Waals surface area contributed by atoms with E-state index in [9.17, 15) is 44.6 Å². The van der Waals surface area contributed by atoms with E-state index in [1.54, 1.807) is 0 Å². The number of carbonyl (C=O) groups is 2. The van der Waals surface area contributed by atoms with E-state index in [1.165, 1.54) is 51.4 Å². The Morgan fingerprint density at radius 2 is 1.00 bits per heavy atom. The molecule has 0 radical (unpaired) electrons. The molecule has 0 heterocycles. The van der Waals surface area contributed by atoms with Crippen LogP contribution in [0.2, 0.25) is 0 Å². The smallest absolute Gasteiger partial charge is 0.462 e. The molecule has 0 aliphatic heterocycles. The van der Waals surface area contributed by atoms with E-state index >= 15 is 0 Å². The molecule has 1 saturated carbocycles. The lowest BCUT2D eigenvalue weighted by Gasteiger charge is -2.41. The van der Waals surface area contributed by atoms with Crippen LogP contribution in [0.25, 0.3) is 0 Å². The van der Waals surface area contributed by atoms with Gasteiger partial charge < -0.3 is 39.9 Å². The van der Waals surface area contributed by atoms with Gasteiger partial charge in [0.25, 0.3) is 0 Å². The summed E-state index contributed by atoms with van der Waals surface area (Å²) in [7, 11) is -5.12. The van der Waals surface area contributed by atoms with Gasteiger partial charge in [-0.3, -0.25) is 18.6 Å². The normalized spacial score (nSPS) is 23.0. The van der Waals surface area contributed by atoms with Gasteiger partial charge in [0.15, 0.2) is 6.10 Å². The molecule has 6 unspecified atom stereocenters. The average Bonchev–Trinajstić information content (AvgIpc) is 3.19. The second-order valence-electron chi connectivity index (χ2n) is 15.2. The summed E-state index contributed by atoms with van der Waals surface area (Å²) in [6.07, 6.45) is 23.5. The lowest BCUT2D eigenvalue weighted by atomic mass is 9.85. The number of carbonyl (C=O) groups excluding carboxylic acids is 2. The fourth-order valence-corrected chi connectivity index (χ4v) is 7.45. The third-order valence-corrected chi connectivity index (χ3v) is 11.0. The van der Waals surface area contributed by atoms with Crippen LogP contribution in [-0.2, 0) is 32.7 Å². The summed E-state index contributed by atoms with van der Waals surface area (Å²) in [6.45, 7) is 3.16. The molecule has 0 aromatic rings. The number of esters is 2. The fourth-order valence-electron chi connectivity index (χ4n) is 6.48. The molecule has 8 atom stereocenters. The molecule has 0 bridgehead atoms. The lowest BCUT2D eigenvalue weighted by Crippen LogP contribution is -2.64. The maximum atomic E-state index is 12.8. The van der Waals surface area contributed by atoms with Crippen LogP contribution in [0.1, 0.15) is 168 Å². The Morgan fingerprint density at radius 3 is 1.53 bits per heavy atom. The van der Waals surface area contributed by atoms with Gasteiger partial charge in [0.2, 0.25) is 0 Å². The molecule has 57 heavy (non-hydrogen) atoms. The predicted molar refractivity (Wildman–Crippen MR) is 221 cm³/mol. The number of phosphoric ester groups is 1. The first-order chi connectivity index (χ1) is 27.4. The molecule has 0 amide bonds. The molecular formula is C43H77O13P. The maximum absolute atomic E-state index is 12.8. The van der Waals surface area contributed by atoms with Crippen LogP contribution in [0, 0.1) is 0 Å². The number of phosphoric acid groups is 1. The van der Waals surface area contributed by atoms with E-state index in [1.807, 2.05) is 0 Å². The first-order valence-electron chi connectivity index (χ1n) is 21.8. The van der Waals surface area contributed by atoms with E-state index < -0.39 is 75.7 Å². The highest BCUT2D eigenvalue weighted by molar-refractivity contribution is 7.47. The fraction of sp³-hybridized carbons (Fsp3) is 0.814. The molecule has 13 nitrogen and oxygen atoms in total. The number of unbranched alkanes of at least 4 members (excludes halogenated alkanes) is 17. The third kappa shape index (κ3) is 26.7. The average molecular weight is 833 g/mol. The van der Waals surface area contributed by atoms with Gasteiger partial charge in [0.1, 0.15) is 43.2 Å². The molecule has 14 heteroatoms. The molecule has 6 N–H and O–H groups in total. The summed E-state index contributed by atoms with van der Waals surface area (Å²) in [5.74, 6) is -1.12. The van der Waals surface area contributed by atoms with Crippen LogP contribution in [0.5, 0.6) is 0 Å². The number of hydrogen-bond donors (Lipinski definition) is 6. The van der Waals surface area contributed by atoms with Crippen molar-refractivity contribution in [3.8, 4) is 0 Å². The lowest BCUT2D eigenvalue weighted by molar-refractivity contribution is -0.220. The van der Waals surface area contributed by atoms with Crippen molar-refractivity contribution in [3.05, 3.63) is 36.5 Å². The summed E-state index contributed by atoms with van der Waals surface area (Å²) in [4.78, 5) is 35.6. The van der Waals surface area contributed by atoms with Crippen LogP contribution < -0.4 is 0 Å². The first-order valence-corrected chi connectivity index (χ1v) is 23.3. The predicted octanol–water partition coefficient (Wildman–Crippen LogP) is 7.83. The number of aliphatic hydroxyl groups excluding tert-OH is 5. The minimum absolute atomic E-state index is 0.0951. The zero-order chi connectivity index (χ0) is 42.2. The summed E-state index contributed by atoms with van der Waals surface area (Å²) in [6, 6.07) is 0. The number of aliphatic hydroxyl groups is 5. The Balaban J connectivity index is 2.50. The van der Waals surface area contributed by atoms with Gasteiger partial charge in [-0.25, -0.2) is 4.57 Å². The van der Waals surface area contributed by atoms with E-state index in [2.05, 4.69) is 50.3 Å². The van der Waals surface area contributed by atoms with Crippen molar-refractivity contribution >= 4 is 19.8 Å². The largest absolute Gasteiger partial charge is 0.472 e. The van der Waals surface area contributed by atoms with Gasteiger partial charge in [-0.1, -0.05) is 147 Å². The van der Waals surface area contributed by atoms with E-state index in [0.717, 1.165) is 77.0 Å². The minimum atomic E-state index is -5.12. The second kappa shape index (κ2) is 33.9. The van der Waals surface area contributed by atoms with Gasteiger partial charge >= 0.3 is 19.8 Å². The number of allylic oxidation sites excluding steroid dienone is 6. The molecule has 1 aliphatic rings. The first kappa shape index (κ1) is 53.1. The molecule has 0 aromatic carbocycles. The number of hydrogen-bond acceptors (Lipinski definition) is 12. The summed E-state index contributed by atoms with van der Waals surface area (Å²) < 4.78 is 33.4. The Morgan fingerprint density at radius 1 is 0.561 bits per heavy atom. The Labute approximate surface area is 342 Å². The van der Waals surface area contributed by atoms with Crippen molar-refractivity contribution in [2.45, 2.75) is 211 Å². The summed E-state index contributed by atoms with van der Waals surface area (Å²) >= 11 is 0. The van der Waals surface area contributed by atoms with Gasteiger partial charge in [0.05, 0.1) is 6.61 Å². The summed E-state index contributed by atoms with van der Waals surface area (Å²) in [5.41, 5.74) is 0. The van der Waals surface area contributed by atoms with Crippen molar-refractivity contribution < 1.29 is 63.1 Å². The van der Waals surface area contributed by atoms with Crippen LogP contribution >= 0.6 is 7.82 Å². The van der Waals surface area contributed by atoms with Crippen molar-refractivity contribution in [2.75, 3.05) is 13.2 Å². The SMILES string of the molecule is CC/C=C\C/C=C\C/C=C\CCCCCCCC(=O)OC[C@H](COP(=O)(O)OC1C(O)C(O)C(O)[C@@H](O)C1O)OC(=O)CCCCCCCCCCCCCCC. The van der Waals surface area contributed by atoms with Crippen LogP contribution in [0.4, 0.5) is 0 Å². The van der Waals surface area contributed by atoms with Crippen molar-refractivity contribution in [2.24, 2.45) is 0 Å². The van der Waals surface area contributed by atoms with Crippen LogP contribution in [0.3, 0.4) is 0 Å². The Hall–Kier alpha value is -1.93. The molecule has 0 spiro atoms. The van der Waals surface area contributed by atoms with Crippen molar-refractivity contribution in [3.63, 3.8) is 0 Å². The monoisotopic (exact) mass is 833 g/mol. The standard InChI is InChI=1S/C43H77O13P/c1-3-5-7-9-11-13-15-17-18-20-21-23-25-27-29-31-36(44)53-33-35(34-54-57(51,52)56-43-41(49)39(47)38(46)40(48)42(43)50)55-37(45)32-30-28-26-24-22-19-16-14-12-10-8-6-4-2/h5,7,11,13,17-18,35,38-43,46-50H,3-4,6,8-10,12,14-16,19-34H2,1-2H3,(H,51,52)/b7-5-,13-11-,18-17-/t35-,38?,39-,40?,41?,42?,43?/m1/s1. The zero-order valence-electron chi connectivity index (χ0n) is 34.9.